The highest BCUT2D eigenvalue weighted by Gasteiger charge is 2.02. The van der Waals surface area contributed by atoms with Crippen molar-refractivity contribution < 1.29 is 0 Å². The van der Waals surface area contributed by atoms with E-state index in [-0.39, 0.29) is 6.04 Å². The van der Waals surface area contributed by atoms with E-state index >= 15 is 0 Å². The molecular formula is C11H14N4O2. The van der Waals surface area contributed by atoms with Crippen LogP contribution in [-0.2, 0) is 0 Å². The van der Waals surface area contributed by atoms with Crippen molar-refractivity contribution in [3.8, 4) is 0 Å². The maximum Gasteiger partial charge on any atom is 0.314 e. The van der Waals surface area contributed by atoms with Crippen LogP contribution < -0.4 is 22.2 Å². The lowest BCUT2D eigenvalue weighted by Crippen LogP contribution is -2.29. The van der Waals surface area contributed by atoms with Gasteiger partial charge in [0.25, 0.3) is 0 Å². The Kier molecular flexibility index (Phi) is 2.97. The zero-order valence-corrected chi connectivity index (χ0v) is 9.41. The van der Waals surface area contributed by atoms with Gasteiger partial charge in [0, 0.05) is 18.3 Å². The monoisotopic (exact) mass is 234 g/mol. The third-order valence-electron chi connectivity index (χ3n) is 2.49. The SMILES string of the molecule is CC(CN)Nc1ccc2[nH]c(=O)c(=O)[nH]c2c1. The van der Waals surface area contributed by atoms with Crippen LogP contribution in [-0.4, -0.2) is 22.6 Å². The van der Waals surface area contributed by atoms with E-state index in [0.29, 0.717) is 17.6 Å². The molecule has 5 N–H and O–H groups in total. The second kappa shape index (κ2) is 4.42. The van der Waals surface area contributed by atoms with Crippen LogP contribution in [0.4, 0.5) is 5.69 Å². The van der Waals surface area contributed by atoms with E-state index < -0.39 is 11.1 Å². The molecule has 6 nitrogen and oxygen atoms in total. The molecule has 1 aromatic heterocycles. The predicted octanol–water partition coefficient (Wildman–Crippen LogP) is -0.0245. The molecule has 0 fully saturated rings. The molecule has 0 aliphatic heterocycles. The molecule has 0 aliphatic rings. The van der Waals surface area contributed by atoms with Crippen LogP contribution in [0, 0.1) is 0 Å². The lowest BCUT2D eigenvalue weighted by molar-refractivity contribution is 0.804. The van der Waals surface area contributed by atoms with Gasteiger partial charge in [0.05, 0.1) is 11.0 Å². The Morgan fingerprint density at radius 2 is 1.88 bits per heavy atom. The van der Waals surface area contributed by atoms with Crippen molar-refractivity contribution in [2.24, 2.45) is 5.73 Å². The average Bonchev–Trinajstić information content (AvgIpc) is 2.31. The normalized spacial score (nSPS) is 12.6. The molecule has 0 aliphatic carbocycles. The van der Waals surface area contributed by atoms with Gasteiger partial charge in [0.2, 0.25) is 0 Å². The summed E-state index contributed by atoms with van der Waals surface area (Å²) in [7, 11) is 0. The number of hydrogen-bond acceptors (Lipinski definition) is 4. The minimum Gasteiger partial charge on any atom is -0.381 e. The van der Waals surface area contributed by atoms with Gasteiger partial charge in [0.15, 0.2) is 0 Å². The molecular weight excluding hydrogens is 220 g/mol. The molecule has 1 unspecified atom stereocenters. The van der Waals surface area contributed by atoms with E-state index in [9.17, 15) is 9.59 Å². The Labute approximate surface area is 96.9 Å². The quantitative estimate of drug-likeness (QED) is 0.560. The fourth-order valence-electron chi connectivity index (χ4n) is 1.55. The van der Waals surface area contributed by atoms with Gasteiger partial charge in [-0.3, -0.25) is 9.59 Å². The molecule has 17 heavy (non-hydrogen) atoms. The number of nitrogens with two attached hydrogens (primary N) is 1. The van der Waals surface area contributed by atoms with E-state index in [4.69, 9.17) is 5.73 Å². The number of benzene rings is 1. The maximum absolute atomic E-state index is 11.2. The molecule has 6 heteroatoms. The molecule has 0 saturated heterocycles. The first kappa shape index (κ1) is 11.4. The van der Waals surface area contributed by atoms with Crippen LogP contribution in [0.1, 0.15) is 6.92 Å². The van der Waals surface area contributed by atoms with Crippen molar-refractivity contribution in [2.75, 3.05) is 11.9 Å². The molecule has 0 saturated carbocycles. The van der Waals surface area contributed by atoms with Crippen molar-refractivity contribution in [1.82, 2.24) is 9.97 Å². The van der Waals surface area contributed by atoms with Gasteiger partial charge in [-0.1, -0.05) is 0 Å². The summed E-state index contributed by atoms with van der Waals surface area (Å²) in [5.41, 5.74) is 6.24. The molecule has 0 radical (unpaired) electrons. The van der Waals surface area contributed by atoms with Crippen LogP contribution in [0.3, 0.4) is 0 Å². The third kappa shape index (κ3) is 2.36. The van der Waals surface area contributed by atoms with Crippen molar-refractivity contribution >= 4 is 16.7 Å². The Hall–Kier alpha value is -2.08. The second-order valence-electron chi connectivity index (χ2n) is 3.95. The van der Waals surface area contributed by atoms with Gasteiger partial charge in [-0.15, -0.1) is 0 Å². The van der Waals surface area contributed by atoms with Crippen LogP contribution in [0.15, 0.2) is 27.8 Å². The summed E-state index contributed by atoms with van der Waals surface area (Å²) in [6, 6.07) is 5.46. The minimum atomic E-state index is -0.651. The molecule has 2 rings (SSSR count). The highest BCUT2D eigenvalue weighted by molar-refractivity contribution is 5.78. The van der Waals surface area contributed by atoms with Crippen LogP contribution in [0.2, 0.25) is 0 Å². The highest BCUT2D eigenvalue weighted by Crippen LogP contribution is 2.14. The van der Waals surface area contributed by atoms with E-state index in [1.807, 2.05) is 13.0 Å². The second-order valence-corrected chi connectivity index (χ2v) is 3.95. The fraction of sp³-hybridized carbons (Fsp3) is 0.273. The summed E-state index contributed by atoms with van der Waals surface area (Å²) >= 11 is 0. The number of hydrogen-bond donors (Lipinski definition) is 4. The number of aromatic amines is 2. The number of H-pyrrole nitrogens is 2. The van der Waals surface area contributed by atoms with E-state index in [1.165, 1.54) is 0 Å². The number of nitrogens with one attached hydrogen (secondary N) is 3. The van der Waals surface area contributed by atoms with E-state index in [2.05, 4.69) is 15.3 Å². The largest absolute Gasteiger partial charge is 0.381 e. The van der Waals surface area contributed by atoms with Crippen LogP contribution in [0.5, 0.6) is 0 Å². The standard InChI is InChI=1S/C11H14N4O2/c1-6(5-12)13-7-2-3-8-9(4-7)15-11(17)10(16)14-8/h2-4,6,13H,5,12H2,1H3,(H,14,16)(H,15,17). The van der Waals surface area contributed by atoms with Crippen LogP contribution in [0.25, 0.3) is 11.0 Å². The van der Waals surface area contributed by atoms with Gasteiger partial charge >= 0.3 is 11.1 Å². The number of aromatic nitrogens is 2. The summed E-state index contributed by atoms with van der Waals surface area (Å²) in [5, 5.41) is 3.18. The first-order chi connectivity index (χ1) is 8.10. The maximum atomic E-state index is 11.2. The van der Waals surface area contributed by atoms with Gasteiger partial charge < -0.3 is 21.0 Å². The Bertz CT molecular complexity index is 644. The van der Waals surface area contributed by atoms with Crippen molar-refractivity contribution in [2.45, 2.75) is 13.0 Å². The Morgan fingerprint density at radius 1 is 1.24 bits per heavy atom. The zero-order chi connectivity index (χ0) is 12.4. The number of fused-ring (bicyclic) bond motifs is 1. The lowest BCUT2D eigenvalue weighted by Gasteiger charge is -2.12. The van der Waals surface area contributed by atoms with Crippen molar-refractivity contribution in [1.29, 1.82) is 0 Å². The smallest absolute Gasteiger partial charge is 0.314 e. The number of rotatable bonds is 3. The molecule has 0 amide bonds. The Morgan fingerprint density at radius 3 is 2.53 bits per heavy atom. The zero-order valence-electron chi connectivity index (χ0n) is 9.41. The fourth-order valence-corrected chi connectivity index (χ4v) is 1.55. The number of anilines is 1. The average molecular weight is 234 g/mol. The van der Waals surface area contributed by atoms with Gasteiger partial charge in [-0.25, -0.2) is 0 Å². The topological polar surface area (TPSA) is 104 Å². The summed E-state index contributed by atoms with van der Waals surface area (Å²) in [6.07, 6.45) is 0. The molecule has 0 spiro atoms. The van der Waals surface area contributed by atoms with E-state index in [0.717, 1.165) is 5.69 Å². The molecule has 1 atom stereocenters. The third-order valence-corrected chi connectivity index (χ3v) is 2.49. The minimum absolute atomic E-state index is 0.141. The summed E-state index contributed by atoms with van der Waals surface area (Å²) < 4.78 is 0. The molecule has 90 valence electrons. The molecule has 0 bridgehead atoms. The molecule has 2 aromatic rings. The summed E-state index contributed by atoms with van der Waals surface area (Å²) in [5.74, 6) is 0. The Balaban J connectivity index is 2.47. The summed E-state index contributed by atoms with van der Waals surface area (Å²) in [6.45, 7) is 2.47. The van der Waals surface area contributed by atoms with Gasteiger partial charge in [-0.2, -0.15) is 0 Å². The first-order valence-corrected chi connectivity index (χ1v) is 5.33. The van der Waals surface area contributed by atoms with E-state index in [1.54, 1.807) is 12.1 Å². The van der Waals surface area contributed by atoms with Gasteiger partial charge in [0.1, 0.15) is 0 Å². The lowest BCUT2D eigenvalue weighted by atomic mass is 10.2. The van der Waals surface area contributed by atoms with Crippen molar-refractivity contribution in [3.05, 3.63) is 38.9 Å². The van der Waals surface area contributed by atoms with Crippen molar-refractivity contribution in [3.63, 3.8) is 0 Å². The molecule has 1 aromatic carbocycles. The first-order valence-electron chi connectivity index (χ1n) is 5.33. The summed E-state index contributed by atoms with van der Waals surface area (Å²) in [4.78, 5) is 27.3. The molecule has 1 heterocycles. The van der Waals surface area contributed by atoms with Crippen LogP contribution >= 0.6 is 0 Å². The van der Waals surface area contributed by atoms with Gasteiger partial charge in [-0.05, 0) is 25.1 Å². The highest BCUT2D eigenvalue weighted by atomic mass is 16.2. The predicted molar refractivity (Wildman–Crippen MR) is 67.3 cm³/mol.